The lowest BCUT2D eigenvalue weighted by molar-refractivity contribution is 0.0985. The molecule has 0 saturated heterocycles. The van der Waals surface area contributed by atoms with E-state index in [-0.39, 0.29) is 23.9 Å². The summed E-state index contributed by atoms with van der Waals surface area (Å²) in [7, 11) is 0. The number of benzene rings is 2. The Labute approximate surface area is 163 Å². The molecule has 0 unspecified atom stereocenters. The van der Waals surface area contributed by atoms with E-state index in [4.69, 9.17) is 4.74 Å². The van der Waals surface area contributed by atoms with Crippen LogP contribution in [0.25, 0.3) is 0 Å². The molecule has 5 nitrogen and oxygen atoms in total. The summed E-state index contributed by atoms with van der Waals surface area (Å²) in [6.07, 6.45) is 5.24. The molecule has 5 heteroatoms. The third-order valence-corrected chi connectivity index (χ3v) is 5.01. The fourth-order valence-electron chi connectivity index (χ4n) is 3.56. The number of fused-ring (bicyclic) bond motifs is 1. The Morgan fingerprint density at radius 3 is 2.54 bits per heavy atom. The van der Waals surface area contributed by atoms with E-state index in [1.807, 2.05) is 43.3 Å². The van der Waals surface area contributed by atoms with Crippen molar-refractivity contribution >= 4 is 11.6 Å². The van der Waals surface area contributed by atoms with E-state index in [9.17, 15) is 9.59 Å². The first-order valence-electron chi connectivity index (χ1n) is 9.33. The molecule has 1 aliphatic heterocycles. The molecule has 1 atom stereocenters. The van der Waals surface area contributed by atoms with Gasteiger partial charge in [0, 0.05) is 42.3 Å². The van der Waals surface area contributed by atoms with Crippen molar-refractivity contribution in [1.29, 1.82) is 0 Å². The molecule has 140 valence electrons. The molecule has 28 heavy (non-hydrogen) atoms. The molecule has 3 aromatic rings. The molecule has 0 saturated carbocycles. The Morgan fingerprint density at radius 1 is 1.07 bits per heavy atom. The van der Waals surface area contributed by atoms with Crippen LogP contribution >= 0.6 is 0 Å². The van der Waals surface area contributed by atoms with Gasteiger partial charge in [0.25, 0.3) is 0 Å². The van der Waals surface area contributed by atoms with Crippen molar-refractivity contribution in [2.75, 3.05) is 6.61 Å². The molecule has 1 aromatic heterocycles. The van der Waals surface area contributed by atoms with Crippen molar-refractivity contribution in [3.05, 3.63) is 89.0 Å². The van der Waals surface area contributed by atoms with Gasteiger partial charge in [0.1, 0.15) is 12.1 Å². The van der Waals surface area contributed by atoms with Crippen LogP contribution in [0.1, 0.15) is 56.7 Å². The Bertz CT molecular complexity index is 1020. The van der Waals surface area contributed by atoms with Gasteiger partial charge in [-0.05, 0) is 23.3 Å². The van der Waals surface area contributed by atoms with Crippen LogP contribution in [-0.2, 0) is 6.42 Å². The number of hydrogen-bond acceptors (Lipinski definition) is 5. The van der Waals surface area contributed by atoms with Crippen LogP contribution in [0.3, 0.4) is 0 Å². The summed E-state index contributed by atoms with van der Waals surface area (Å²) in [5.74, 6) is 0.525. The van der Waals surface area contributed by atoms with E-state index in [1.165, 1.54) is 6.33 Å². The van der Waals surface area contributed by atoms with Crippen molar-refractivity contribution < 1.29 is 14.3 Å². The highest BCUT2D eigenvalue weighted by molar-refractivity contribution is 6.04. The third kappa shape index (κ3) is 3.43. The standard InChI is InChI=1S/C23H20N2O3/c1-2-21(26)19-10-17(22(27)8-15-11-24-14-25-12-15)9-18-20(13-28-23(18)19)16-6-4-3-5-7-16/h3-7,9-12,14,20H,2,8,13H2,1H3/t20-/m0/s1. The normalized spacial score (nSPS) is 15.0. The molecular formula is C23H20N2O3. The van der Waals surface area contributed by atoms with E-state index in [0.29, 0.717) is 29.9 Å². The fraction of sp³-hybridized carbons (Fsp3) is 0.217. The van der Waals surface area contributed by atoms with Crippen molar-refractivity contribution in [3.8, 4) is 5.75 Å². The molecule has 0 N–H and O–H groups in total. The molecule has 0 fully saturated rings. The van der Waals surface area contributed by atoms with Gasteiger partial charge in [-0.2, -0.15) is 0 Å². The number of aromatic nitrogens is 2. The van der Waals surface area contributed by atoms with Gasteiger partial charge in [-0.3, -0.25) is 9.59 Å². The number of ether oxygens (including phenoxy) is 1. The summed E-state index contributed by atoms with van der Waals surface area (Å²) >= 11 is 0. The maximum Gasteiger partial charge on any atom is 0.167 e. The number of carbonyl (C=O) groups is 2. The zero-order valence-corrected chi connectivity index (χ0v) is 15.6. The van der Waals surface area contributed by atoms with Gasteiger partial charge < -0.3 is 4.74 Å². The SMILES string of the molecule is CCC(=O)c1cc(C(=O)Cc2cncnc2)cc2c1OC[C@H]2c1ccccc1. The molecule has 0 bridgehead atoms. The molecule has 0 aliphatic carbocycles. The quantitative estimate of drug-likeness (QED) is 0.611. The van der Waals surface area contributed by atoms with Crippen molar-refractivity contribution in [1.82, 2.24) is 9.97 Å². The van der Waals surface area contributed by atoms with Gasteiger partial charge in [-0.15, -0.1) is 0 Å². The number of Topliss-reactive ketones (excluding diaryl/α,β-unsaturated/α-hetero) is 2. The maximum absolute atomic E-state index is 12.9. The molecule has 0 amide bonds. The lowest BCUT2D eigenvalue weighted by Crippen LogP contribution is -2.08. The van der Waals surface area contributed by atoms with Crippen molar-refractivity contribution in [2.24, 2.45) is 0 Å². The van der Waals surface area contributed by atoms with Gasteiger partial charge in [-0.1, -0.05) is 37.3 Å². The Hall–Kier alpha value is -3.34. The van der Waals surface area contributed by atoms with Gasteiger partial charge in [0.2, 0.25) is 0 Å². The van der Waals surface area contributed by atoms with E-state index in [1.54, 1.807) is 18.5 Å². The Balaban J connectivity index is 1.76. The second kappa shape index (κ2) is 7.72. The zero-order valence-electron chi connectivity index (χ0n) is 15.6. The van der Waals surface area contributed by atoms with Gasteiger partial charge in [0.15, 0.2) is 11.6 Å². The summed E-state index contributed by atoms with van der Waals surface area (Å²) in [6.45, 7) is 2.28. The van der Waals surface area contributed by atoms with Gasteiger partial charge in [-0.25, -0.2) is 9.97 Å². The molecule has 1 aliphatic rings. The number of carbonyl (C=O) groups excluding carboxylic acids is 2. The van der Waals surface area contributed by atoms with Crippen LogP contribution < -0.4 is 4.74 Å². The minimum atomic E-state index is -0.0681. The van der Waals surface area contributed by atoms with Crippen molar-refractivity contribution in [3.63, 3.8) is 0 Å². The lowest BCUT2D eigenvalue weighted by atomic mass is 9.88. The molecule has 2 aromatic carbocycles. The minimum absolute atomic E-state index is 0.00687. The lowest BCUT2D eigenvalue weighted by Gasteiger charge is -2.12. The number of nitrogens with zero attached hydrogens (tertiary/aromatic N) is 2. The molecule has 4 rings (SSSR count). The average Bonchev–Trinajstić information content (AvgIpc) is 3.18. The zero-order chi connectivity index (χ0) is 19.5. The summed E-state index contributed by atoms with van der Waals surface area (Å²) in [4.78, 5) is 33.4. The van der Waals surface area contributed by atoms with E-state index < -0.39 is 0 Å². The summed E-state index contributed by atoms with van der Waals surface area (Å²) in [6, 6.07) is 13.6. The average molecular weight is 372 g/mol. The first-order valence-corrected chi connectivity index (χ1v) is 9.33. The van der Waals surface area contributed by atoms with Crippen LogP contribution in [0.15, 0.2) is 61.2 Å². The number of hydrogen-bond donors (Lipinski definition) is 0. The first kappa shape index (κ1) is 18.0. The Kier molecular flexibility index (Phi) is 4.98. The van der Waals surface area contributed by atoms with Crippen LogP contribution in [-0.4, -0.2) is 28.1 Å². The third-order valence-electron chi connectivity index (χ3n) is 5.01. The Morgan fingerprint density at radius 2 is 1.82 bits per heavy atom. The van der Waals surface area contributed by atoms with Crippen LogP contribution in [0.2, 0.25) is 0 Å². The highest BCUT2D eigenvalue weighted by Gasteiger charge is 2.31. The topological polar surface area (TPSA) is 69.2 Å². The van der Waals surface area contributed by atoms with Crippen LogP contribution in [0, 0.1) is 0 Å². The second-order valence-corrected chi connectivity index (χ2v) is 6.84. The first-order chi connectivity index (χ1) is 13.7. The smallest absolute Gasteiger partial charge is 0.167 e. The van der Waals surface area contributed by atoms with Gasteiger partial charge in [0.05, 0.1) is 12.2 Å². The van der Waals surface area contributed by atoms with Crippen LogP contribution in [0.4, 0.5) is 0 Å². The molecule has 2 heterocycles. The fourth-order valence-corrected chi connectivity index (χ4v) is 3.56. The van der Waals surface area contributed by atoms with E-state index >= 15 is 0 Å². The number of ketones is 2. The van der Waals surface area contributed by atoms with E-state index in [0.717, 1.165) is 16.7 Å². The number of rotatable bonds is 6. The van der Waals surface area contributed by atoms with Gasteiger partial charge >= 0.3 is 0 Å². The predicted molar refractivity (Wildman–Crippen MR) is 105 cm³/mol. The monoisotopic (exact) mass is 372 g/mol. The largest absolute Gasteiger partial charge is 0.492 e. The van der Waals surface area contributed by atoms with Crippen molar-refractivity contribution in [2.45, 2.75) is 25.7 Å². The minimum Gasteiger partial charge on any atom is -0.492 e. The second-order valence-electron chi connectivity index (χ2n) is 6.84. The molecular weight excluding hydrogens is 352 g/mol. The highest BCUT2D eigenvalue weighted by Crippen LogP contribution is 2.41. The summed E-state index contributed by atoms with van der Waals surface area (Å²) in [5, 5.41) is 0. The summed E-state index contributed by atoms with van der Waals surface area (Å²) < 4.78 is 5.92. The van der Waals surface area contributed by atoms with Crippen LogP contribution in [0.5, 0.6) is 5.75 Å². The highest BCUT2D eigenvalue weighted by atomic mass is 16.5. The maximum atomic E-state index is 12.9. The van der Waals surface area contributed by atoms with E-state index in [2.05, 4.69) is 9.97 Å². The summed E-state index contributed by atoms with van der Waals surface area (Å²) in [5.41, 5.74) is 3.76. The molecule has 0 spiro atoms. The molecule has 0 radical (unpaired) electrons. The predicted octanol–water partition coefficient (Wildman–Crippen LogP) is 4.02.